The first-order valence-corrected chi connectivity index (χ1v) is 5.51. The van der Waals surface area contributed by atoms with Gasteiger partial charge in [-0.05, 0) is 49.1 Å². The number of aromatic nitrogens is 2. The molecule has 0 unspecified atom stereocenters. The van der Waals surface area contributed by atoms with Crippen LogP contribution in [-0.4, -0.2) is 14.9 Å². The third kappa shape index (κ3) is 1.65. The second-order valence-corrected chi connectivity index (χ2v) is 4.41. The highest BCUT2D eigenvalue weighted by Crippen LogP contribution is 2.35. The summed E-state index contributed by atoms with van der Waals surface area (Å²) in [4.78, 5) is 0. The number of aromatic hydroxyl groups is 1. The molecule has 1 heterocycles. The number of nitrogen functional groups attached to an aromatic ring is 1. The van der Waals surface area contributed by atoms with E-state index in [-0.39, 0.29) is 0 Å². The molecule has 4 nitrogen and oxygen atoms in total. The van der Waals surface area contributed by atoms with Crippen LogP contribution in [0.25, 0.3) is 11.1 Å². The number of nitrogens with zero attached hydrogens (tertiary/aromatic N) is 2. The van der Waals surface area contributed by atoms with Crippen LogP contribution in [0.1, 0.15) is 16.7 Å². The number of phenolic OH excluding ortho intramolecular Hbond substituents is 1. The smallest absolute Gasteiger partial charge is 0.129 e. The number of rotatable bonds is 1. The predicted molar refractivity (Wildman–Crippen MR) is 68.9 cm³/mol. The van der Waals surface area contributed by atoms with E-state index < -0.39 is 0 Å². The Kier molecular flexibility index (Phi) is 2.58. The highest BCUT2D eigenvalue weighted by atomic mass is 16.3. The molecule has 0 aliphatic heterocycles. The average molecular weight is 231 g/mol. The summed E-state index contributed by atoms with van der Waals surface area (Å²) < 4.78 is 1.65. The predicted octanol–water partition coefficient (Wildman–Crippen LogP) is 2.30. The van der Waals surface area contributed by atoms with Crippen molar-refractivity contribution >= 4 is 5.82 Å². The van der Waals surface area contributed by atoms with Gasteiger partial charge >= 0.3 is 0 Å². The van der Waals surface area contributed by atoms with E-state index in [1.165, 1.54) is 0 Å². The number of hydrogen-bond donors (Lipinski definition) is 2. The molecule has 0 aliphatic rings. The molecule has 0 amide bonds. The summed E-state index contributed by atoms with van der Waals surface area (Å²) in [6.45, 7) is 5.78. The van der Waals surface area contributed by atoms with Crippen LogP contribution in [0, 0.1) is 20.8 Å². The van der Waals surface area contributed by atoms with Crippen LogP contribution >= 0.6 is 0 Å². The third-order valence-electron chi connectivity index (χ3n) is 3.33. The molecule has 0 spiro atoms. The molecule has 4 heteroatoms. The van der Waals surface area contributed by atoms with Crippen molar-refractivity contribution in [3.05, 3.63) is 29.0 Å². The van der Waals surface area contributed by atoms with Crippen LogP contribution in [0.4, 0.5) is 5.82 Å². The average Bonchev–Trinajstić information content (AvgIpc) is 2.62. The van der Waals surface area contributed by atoms with E-state index in [1.54, 1.807) is 10.9 Å². The summed E-state index contributed by atoms with van der Waals surface area (Å²) in [5.41, 5.74) is 10.7. The first-order chi connectivity index (χ1) is 7.93. The lowest BCUT2D eigenvalue weighted by molar-refractivity contribution is 0.466. The molecular weight excluding hydrogens is 214 g/mol. The van der Waals surface area contributed by atoms with Crippen LogP contribution in [0.3, 0.4) is 0 Å². The van der Waals surface area contributed by atoms with E-state index in [0.717, 1.165) is 27.8 Å². The molecule has 0 saturated heterocycles. The van der Waals surface area contributed by atoms with Crippen molar-refractivity contribution in [1.29, 1.82) is 0 Å². The maximum absolute atomic E-state index is 9.88. The molecule has 0 fully saturated rings. The van der Waals surface area contributed by atoms with Crippen molar-refractivity contribution in [3.63, 3.8) is 0 Å². The van der Waals surface area contributed by atoms with Crippen molar-refractivity contribution in [1.82, 2.24) is 9.78 Å². The van der Waals surface area contributed by atoms with Crippen LogP contribution in [0.5, 0.6) is 5.75 Å². The standard InChI is InChI=1S/C13H17N3O/c1-7-5-10(8(2)9(3)12(7)17)11-6-15-16(4)13(11)14/h5-6,17H,14H2,1-4H3. The van der Waals surface area contributed by atoms with Gasteiger partial charge in [0.2, 0.25) is 0 Å². The summed E-state index contributed by atoms with van der Waals surface area (Å²) in [5.74, 6) is 0.992. The van der Waals surface area contributed by atoms with E-state index in [0.29, 0.717) is 11.6 Å². The zero-order valence-corrected chi connectivity index (χ0v) is 10.6. The third-order valence-corrected chi connectivity index (χ3v) is 3.33. The second kappa shape index (κ2) is 3.80. The SMILES string of the molecule is Cc1cc(-c2cnn(C)c2N)c(C)c(C)c1O. The fourth-order valence-corrected chi connectivity index (χ4v) is 2.00. The molecule has 0 radical (unpaired) electrons. The molecule has 0 saturated carbocycles. The first kappa shape index (κ1) is 11.5. The van der Waals surface area contributed by atoms with Crippen molar-refractivity contribution in [2.45, 2.75) is 20.8 Å². The Morgan fingerprint density at radius 1 is 1.18 bits per heavy atom. The molecule has 0 bridgehead atoms. The number of phenols is 1. The van der Waals surface area contributed by atoms with Crippen LogP contribution in [0.15, 0.2) is 12.3 Å². The van der Waals surface area contributed by atoms with Crippen molar-refractivity contribution in [3.8, 4) is 16.9 Å². The fourth-order valence-electron chi connectivity index (χ4n) is 2.00. The fraction of sp³-hybridized carbons (Fsp3) is 0.308. The normalized spacial score (nSPS) is 10.8. The van der Waals surface area contributed by atoms with E-state index in [1.807, 2.05) is 33.9 Å². The molecule has 2 rings (SSSR count). The Morgan fingerprint density at radius 3 is 2.35 bits per heavy atom. The van der Waals surface area contributed by atoms with Gasteiger partial charge in [0.1, 0.15) is 11.6 Å². The maximum atomic E-state index is 9.88. The molecule has 90 valence electrons. The molecule has 1 aromatic heterocycles. The minimum Gasteiger partial charge on any atom is -0.507 e. The topological polar surface area (TPSA) is 64.1 Å². The van der Waals surface area contributed by atoms with Gasteiger partial charge in [-0.1, -0.05) is 0 Å². The van der Waals surface area contributed by atoms with Gasteiger partial charge in [-0.15, -0.1) is 0 Å². The maximum Gasteiger partial charge on any atom is 0.129 e. The highest BCUT2D eigenvalue weighted by Gasteiger charge is 2.14. The summed E-state index contributed by atoms with van der Waals surface area (Å²) in [5, 5.41) is 14.0. The summed E-state index contributed by atoms with van der Waals surface area (Å²) in [6, 6.07) is 1.95. The van der Waals surface area contributed by atoms with Gasteiger partial charge in [0.15, 0.2) is 0 Å². The van der Waals surface area contributed by atoms with Gasteiger partial charge < -0.3 is 10.8 Å². The Balaban J connectivity index is 2.73. The minimum absolute atomic E-state index is 0.355. The van der Waals surface area contributed by atoms with Crippen molar-refractivity contribution < 1.29 is 5.11 Å². The van der Waals surface area contributed by atoms with Gasteiger partial charge in [0.25, 0.3) is 0 Å². The number of benzene rings is 1. The van der Waals surface area contributed by atoms with Crippen LogP contribution in [0.2, 0.25) is 0 Å². The largest absolute Gasteiger partial charge is 0.507 e. The Labute approximate surface area is 101 Å². The quantitative estimate of drug-likeness (QED) is 0.791. The highest BCUT2D eigenvalue weighted by molar-refractivity contribution is 5.78. The summed E-state index contributed by atoms with van der Waals surface area (Å²) >= 11 is 0. The Bertz CT molecular complexity index is 585. The van der Waals surface area contributed by atoms with E-state index in [9.17, 15) is 5.11 Å². The van der Waals surface area contributed by atoms with Gasteiger partial charge in [-0.2, -0.15) is 5.10 Å². The molecule has 0 atom stereocenters. The molecular formula is C13H17N3O. The molecule has 3 N–H and O–H groups in total. The Morgan fingerprint density at radius 2 is 1.82 bits per heavy atom. The van der Waals surface area contributed by atoms with Crippen molar-refractivity contribution in [2.24, 2.45) is 7.05 Å². The number of hydrogen-bond acceptors (Lipinski definition) is 3. The van der Waals surface area contributed by atoms with E-state index >= 15 is 0 Å². The number of nitrogens with two attached hydrogens (primary N) is 1. The molecule has 17 heavy (non-hydrogen) atoms. The number of anilines is 1. The second-order valence-electron chi connectivity index (χ2n) is 4.41. The number of aryl methyl sites for hydroxylation is 2. The van der Waals surface area contributed by atoms with E-state index in [4.69, 9.17) is 5.73 Å². The van der Waals surface area contributed by atoms with Gasteiger partial charge in [0, 0.05) is 12.6 Å². The first-order valence-electron chi connectivity index (χ1n) is 5.51. The van der Waals surface area contributed by atoms with Crippen LogP contribution in [-0.2, 0) is 7.05 Å². The van der Waals surface area contributed by atoms with Gasteiger partial charge in [-0.3, -0.25) is 4.68 Å². The van der Waals surface area contributed by atoms with Gasteiger partial charge in [-0.25, -0.2) is 0 Å². The van der Waals surface area contributed by atoms with Gasteiger partial charge in [0.05, 0.1) is 6.20 Å². The Hall–Kier alpha value is -1.97. The monoisotopic (exact) mass is 231 g/mol. The molecule has 2 aromatic rings. The zero-order valence-electron chi connectivity index (χ0n) is 10.6. The van der Waals surface area contributed by atoms with Crippen molar-refractivity contribution in [2.75, 3.05) is 5.73 Å². The van der Waals surface area contributed by atoms with Crippen LogP contribution < -0.4 is 5.73 Å². The zero-order chi connectivity index (χ0) is 12.7. The lowest BCUT2D eigenvalue weighted by atomic mass is 9.95. The summed E-state index contributed by atoms with van der Waals surface area (Å²) in [6.07, 6.45) is 1.76. The molecule has 1 aromatic carbocycles. The van der Waals surface area contributed by atoms with E-state index in [2.05, 4.69) is 5.10 Å². The lowest BCUT2D eigenvalue weighted by Gasteiger charge is -2.12. The lowest BCUT2D eigenvalue weighted by Crippen LogP contribution is -1.99. The molecule has 0 aliphatic carbocycles. The minimum atomic E-state index is 0.355. The summed E-state index contributed by atoms with van der Waals surface area (Å²) in [7, 11) is 1.81.